The lowest BCUT2D eigenvalue weighted by Crippen LogP contribution is -2.52. The van der Waals surface area contributed by atoms with Crippen LogP contribution in [0.5, 0.6) is 0 Å². The van der Waals surface area contributed by atoms with Crippen molar-refractivity contribution >= 4 is 28.1 Å². The predicted molar refractivity (Wildman–Crippen MR) is 128 cm³/mol. The number of hydrogen-bond acceptors (Lipinski definition) is 8. The molecular weight excluding hydrogens is 478 g/mol. The van der Waals surface area contributed by atoms with Crippen molar-refractivity contribution in [1.29, 1.82) is 0 Å². The molecule has 2 atom stereocenters. The molecule has 0 spiro atoms. The largest absolute Gasteiger partial charge is 0.388 e. The second-order valence-electron chi connectivity index (χ2n) is 9.02. The van der Waals surface area contributed by atoms with Gasteiger partial charge in [-0.15, -0.1) is 11.3 Å². The quantitative estimate of drug-likeness (QED) is 0.303. The highest BCUT2D eigenvalue weighted by Crippen LogP contribution is 2.40. The number of aliphatic hydroxyl groups is 3. The monoisotopic (exact) mass is 504 g/mol. The van der Waals surface area contributed by atoms with Crippen LogP contribution in [-0.4, -0.2) is 45.4 Å². The number of nitrogens with two attached hydrogens (primary N) is 1. The third-order valence-corrected chi connectivity index (χ3v) is 7.07. The molecule has 1 aliphatic heterocycles. The third kappa shape index (κ3) is 4.91. The molecule has 7 N–H and O–H groups in total. The van der Waals surface area contributed by atoms with Crippen molar-refractivity contribution in [2.24, 2.45) is 5.73 Å². The molecule has 1 amide bonds. The Balaban J connectivity index is 1.71. The zero-order valence-corrected chi connectivity index (χ0v) is 19.9. The Labute approximate surface area is 204 Å². The molecule has 0 saturated carbocycles. The number of aliphatic hydroxyl groups excluding tert-OH is 1. The molecule has 3 aromatic rings. The Hall–Kier alpha value is -2.96. The molecule has 0 radical (unpaired) electrons. The molecule has 0 aliphatic carbocycles. The fraction of sp³-hybridized carbons (Fsp3) is 0.333. The maximum Gasteiger partial charge on any atom is 0.251 e. The highest BCUT2D eigenvalue weighted by atomic mass is 32.1. The van der Waals surface area contributed by atoms with Gasteiger partial charge in [0.05, 0.1) is 22.4 Å². The van der Waals surface area contributed by atoms with E-state index in [2.05, 4.69) is 15.6 Å². The second kappa shape index (κ2) is 9.25. The number of carbonyl (C=O) groups is 1. The van der Waals surface area contributed by atoms with E-state index in [1.807, 2.05) is 0 Å². The van der Waals surface area contributed by atoms with E-state index in [1.165, 1.54) is 19.9 Å². The normalized spacial score (nSPS) is 20.6. The van der Waals surface area contributed by atoms with Crippen LogP contribution in [0.3, 0.4) is 0 Å². The van der Waals surface area contributed by atoms with E-state index in [9.17, 15) is 28.9 Å². The molecule has 4 rings (SSSR count). The number of thiophene rings is 1. The summed E-state index contributed by atoms with van der Waals surface area (Å²) < 4.78 is 29.8. The topological polar surface area (TPSA) is 141 Å². The number of carbonyl (C=O) groups excluding carboxylic acids is 1. The number of pyridine rings is 1. The molecule has 0 bridgehead atoms. The maximum absolute atomic E-state index is 14.9. The predicted octanol–water partition coefficient (Wildman–Crippen LogP) is 2.70. The summed E-state index contributed by atoms with van der Waals surface area (Å²) in [6.07, 6.45) is -0.814. The molecule has 8 nitrogen and oxygen atoms in total. The molecule has 186 valence electrons. The summed E-state index contributed by atoms with van der Waals surface area (Å²) in [5.74, 6) is -2.36. The van der Waals surface area contributed by atoms with E-state index >= 15 is 0 Å². The van der Waals surface area contributed by atoms with Crippen LogP contribution in [0.4, 0.5) is 19.6 Å². The SMILES string of the molecule is CC(C)(O)c1cc(F)c(-c2cc(C(N)=O)c(Nc3cccc(C4(O)CCNCC4O)n3)s2)c(F)c1. The van der Waals surface area contributed by atoms with Crippen molar-refractivity contribution in [3.05, 3.63) is 64.9 Å². The number of halogens is 2. The molecule has 11 heteroatoms. The number of benzene rings is 1. The van der Waals surface area contributed by atoms with Crippen LogP contribution < -0.4 is 16.4 Å². The maximum atomic E-state index is 14.9. The molecule has 3 heterocycles. The molecule has 35 heavy (non-hydrogen) atoms. The number of nitrogens with zero attached hydrogens (tertiary/aromatic N) is 1. The van der Waals surface area contributed by atoms with Gasteiger partial charge in [-0.25, -0.2) is 13.8 Å². The minimum Gasteiger partial charge on any atom is -0.388 e. The molecular formula is C24H26F2N4O4S. The zero-order valence-electron chi connectivity index (χ0n) is 19.1. The lowest BCUT2D eigenvalue weighted by Gasteiger charge is -2.36. The first kappa shape index (κ1) is 25.1. The number of piperidine rings is 1. The molecule has 2 unspecified atom stereocenters. The van der Waals surface area contributed by atoms with Crippen LogP contribution in [0, 0.1) is 11.6 Å². The van der Waals surface area contributed by atoms with Crippen molar-refractivity contribution in [3.8, 4) is 10.4 Å². The van der Waals surface area contributed by atoms with Gasteiger partial charge in [0, 0.05) is 11.4 Å². The first-order chi connectivity index (χ1) is 16.4. The van der Waals surface area contributed by atoms with Gasteiger partial charge < -0.3 is 31.7 Å². The number of rotatable bonds is 6. The van der Waals surface area contributed by atoms with E-state index < -0.39 is 34.8 Å². The third-order valence-electron chi connectivity index (χ3n) is 6.00. The van der Waals surface area contributed by atoms with Crippen LogP contribution in [0.15, 0.2) is 36.4 Å². The van der Waals surface area contributed by atoms with Crippen molar-refractivity contribution in [3.63, 3.8) is 0 Å². The van der Waals surface area contributed by atoms with Gasteiger partial charge in [-0.1, -0.05) is 6.07 Å². The van der Waals surface area contributed by atoms with E-state index in [-0.39, 0.29) is 51.0 Å². The minimum atomic E-state index is -1.55. The van der Waals surface area contributed by atoms with E-state index in [4.69, 9.17) is 5.73 Å². The van der Waals surface area contributed by atoms with Gasteiger partial charge in [-0.3, -0.25) is 4.79 Å². The summed E-state index contributed by atoms with van der Waals surface area (Å²) in [7, 11) is 0. The van der Waals surface area contributed by atoms with Gasteiger partial charge in [-0.05, 0) is 62.7 Å². The summed E-state index contributed by atoms with van der Waals surface area (Å²) in [4.78, 5) is 16.6. The van der Waals surface area contributed by atoms with Crippen molar-refractivity contribution in [1.82, 2.24) is 10.3 Å². The van der Waals surface area contributed by atoms with Gasteiger partial charge in [0.15, 0.2) is 0 Å². The van der Waals surface area contributed by atoms with Crippen molar-refractivity contribution < 1.29 is 28.9 Å². The van der Waals surface area contributed by atoms with E-state index in [0.29, 0.717) is 6.54 Å². The van der Waals surface area contributed by atoms with E-state index in [0.717, 1.165) is 23.5 Å². The lowest BCUT2D eigenvalue weighted by atomic mass is 9.86. The molecule has 2 aromatic heterocycles. The smallest absolute Gasteiger partial charge is 0.251 e. The summed E-state index contributed by atoms with van der Waals surface area (Å²) in [6, 6.07) is 8.18. The van der Waals surface area contributed by atoms with Gasteiger partial charge in [0.25, 0.3) is 5.91 Å². The number of hydrogen-bond donors (Lipinski definition) is 6. The molecule has 1 fully saturated rings. The van der Waals surface area contributed by atoms with Gasteiger partial charge in [-0.2, -0.15) is 0 Å². The molecule has 1 aliphatic rings. The Morgan fingerprint density at radius 3 is 2.57 bits per heavy atom. The Morgan fingerprint density at radius 1 is 1.29 bits per heavy atom. The summed E-state index contributed by atoms with van der Waals surface area (Å²) in [5.41, 5.74) is 2.48. The minimum absolute atomic E-state index is 0.00294. The first-order valence-electron chi connectivity index (χ1n) is 10.9. The van der Waals surface area contributed by atoms with Crippen LogP contribution in [0.25, 0.3) is 10.4 Å². The Morgan fingerprint density at radius 2 is 1.97 bits per heavy atom. The number of nitrogens with one attached hydrogen (secondary N) is 2. The number of primary amides is 1. The highest BCUT2D eigenvalue weighted by molar-refractivity contribution is 7.20. The van der Waals surface area contributed by atoms with Gasteiger partial charge in [0.2, 0.25) is 0 Å². The summed E-state index contributed by atoms with van der Waals surface area (Å²) >= 11 is 0.902. The van der Waals surface area contributed by atoms with Crippen LogP contribution >= 0.6 is 11.3 Å². The van der Waals surface area contributed by atoms with Crippen LogP contribution in [-0.2, 0) is 11.2 Å². The molecule has 1 aromatic carbocycles. The van der Waals surface area contributed by atoms with Crippen molar-refractivity contribution in [2.45, 2.75) is 37.6 Å². The average molecular weight is 505 g/mol. The van der Waals surface area contributed by atoms with E-state index in [1.54, 1.807) is 18.2 Å². The summed E-state index contributed by atoms with van der Waals surface area (Å²) in [6.45, 7) is 3.54. The zero-order chi connectivity index (χ0) is 25.5. The second-order valence-corrected chi connectivity index (χ2v) is 10.1. The highest BCUT2D eigenvalue weighted by Gasteiger charge is 2.41. The number of anilines is 2. The summed E-state index contributed by atoms with van der Waals surface area (Å²) in [5, 5.41) is 37.5. The number of β-amino-alcohol motifs (C(OH)–C–C–N with tert-alkyl or cyclic N) is 1. The lowest BCUT2D eigenvalue weighted by molar-refractivity contribution is -0.100. The number of amides is 1. The fourth-order valence-corrected chi connectivity index (χ4v) is 5.08. The van der Waals surface area contributed by atoms with Crippen LogP contribution in [0.2, 0.25) is 0 Å². The average Bonchev–Trinajstić information content (AvgIpc) is 3.18. The standard InChI is InChI=1S/C24H26F2N4O4S/c1-23(2,33)12-8-14(25)20(15(26)9-12)16-10-13(21(27)32)22(35-16)30-19-5-3-4-17(29-19)24(34)6-7-28-11-18(24)31/h3-5,8-10,18,28,31,33-34H,6-7,11H2,1-2H3,(H2,27,32)(H,29,30). The van der Waals surface area contributed by atoms with Gasteiger partial charge in [0.1, 0.15) is 34.2 Å². The fourth-order valence-electron chi connectivity index (χ4n) is 3.97. The Bertz CT molecular complexity index is 1250. The Kier molecular flexibility index (Phi) is 6.64. The number of aromatic nitrogens is 1. The van der Waals surface area contributed by atoms with Gasteiger partial charge >= 0.3 is 0 Å². The first-order valence-corrected chi connectivity index (χ1v) is 11.7. The van der Waals surface area contributed by atoms with Crippen LogP contribution in [0.1, 0.15) is 41.9 Å². The molecule has 1 saturated heterocycles. The van der Waals surface area contributed by atoms with Crippen molar-refractivity contribution in [2.75, 3.05) is 18.4 Å².